The molecule has 0 aromatic heterocycles. The fourth-order valence-electron chi connectivity index (χ4n) is 0. The SMILES string of the molecule is CC(=O)O.CC[CH]([Na])Br. The molecular weight excluding hydrogens is 195 g/mol. The molecule has 0 saturated carbocycles. The van der Waals surface area contributed by atoms with Gasteiger partial charge in [-0.15, -0.1) is 0 Å². The molecule has 0 heterocycles. The molecule has 0 amide bonds. The second-order valence-electron chi connectivity index (χ2n) is 1.71. The van der Waals surface area contributed by atoms with Crippen molar-refractivity contribution in [2.45, 2.75) is 22.3 Å². The van der Waals surface area contributed by atoms with Gasteiger partial charge in [-0.05, 0) is 0 Å². The van der Waals surface area contributed by atoms with Crippen molar-refractivity contribution in [3.63, 3.8) is 0 Å². The zero-order chi connectivity index (χ0) is 7.86. The van der Waals surface area contributed by atoms with Crippen molar-refractivity contribution in [3.05, 3.63) is 0 Å². The van der Waals surface area contributed by atoms with Crippen molar-refractivity contribution in [1.82, 2.24) is 0 Å². The second kappa shape index (κ2) is 8.95. The molecule has 1 unspecified atom stereocenters. The molecule has 50 valence electrons. The summed E-state index contributed by atoms with van der Waals surface area (Å²) in [4.78, 5) is 9.00. The Hall–Kier alpha value is 0.950. The van der Waals surface area contributed by atoms with Gasteiger partial charge in [0.1, 0.15) is 0 Å². The van der Waals surface area contributed by atoms with Crippen LogP contribution < -0.4 is 0 Å². The van der Waals surface area contributed by atoms with E-state index in [0.29, 0.717) is 0 Å². The Kier molecular flexibility index (Phi) is 12.5. The van der Waals surface area contributed by atoms with Crippen LogP contribution in [0.2, 0.25) is 0 Å². The summed E-state index contributed by atoms with van der Waals surface area (Å²) < 4.78 is 0.836. The first-order valence-electron chi connectivity index (χ1n) is 2.84. The maximum atomic E-state index is 9.00. The molecule has 2 nitrogen and oxygen atoms in total. The van der Waals surface area contributed by atoms with Crippen LogP contribution in [0.1, 0.15) is 20.3 Å². The third-order valence-electron chi connectivity index (χ3n) is 0.563. The van der Waals surface area contributed by atoms with Crippen LogP contribution in [0.5, 0.6) is 0 Å². The van der Waals surface area contributed by atoms with Crippen LogP contribution in [-0.2, 0) is 4.79 Å². The summed E-state index contributed by atoms with van der Waals surface area (Å²) in [6, 6.07) is 0. The van der Waals surface area contributed by atoms with Crippen molar-refractivity contribution in [2.24, 2.45) is 0 Å². The summed E-state index contributed by atoms with van der Waals surface area (Å²) in [6.45, 7) is 3.27. The molecule has 4 heteroatoms. The molecule has 0 aromatic rings. The van der Waals surface area contributed by atoms with Crippen molar-refractivity contribution in [1.29, 1.82) is 0 Å². The summed E-state index contributed by atoms with van der Waals surface area (Å²) in [5.74, 6) is -0.833. The number of aliphatic carboxylic acids is 1. The molecule has 0 rings (SSSR count). The van der Waals surface area contributed by atoms with Gasteiger partial charge in [-0.1, -0.05) is 0 Å². The molecule has 0 aliphatic carbocycles. The van der Waals surface area contributed by atoms with Gasteiger partial charge < -0.3 is 5.11 Å². The van der Waals surface area contributed by atoms with Crippen LogP contribution in [0.25, 0.3) is 0 Å². The number of hydrogen-bond donors (Lipinski definition) is 1. The number of carbonyl (C=O) groups is 1. The van der Waals surface area contributed by atoms with E-state index in [1.54, 1.807) is 0 Å². The van der Waals surface area contributed by atoms with Gasteiger partial charge in [0, 0.05) is 6.92 Å². The predicted molar refractivity (Wildman–Crippen MR) is 42.1 cm³/mol. The van der Waals surface area contributed by atoms with Crippen molar-refractivity contribution >= 4 is 49.8 Å². The van der Waals surface area contributed by atoms with Crippen LogP contribution in [0.15, 0.2) is 0 Å². The molecule has 0 bridgehead atoms. The fraction of sp³-hybridized carbons (Fsp3) is 0.800. The Morgan fingerprint density at radius 1 is 1.89 bits per heavy atom. The molecule has 1 N–H and O–H groups in total. The fourth-order valence-corrected chi connectivity index (χ4v) is 0. The Labute approximate surface area is 81.6 Å². The molecule has 1 atom stereocenters. The molecule has 0 fully saturated rings. The number of carboxylic acid groups (broad SMARTS) is 1. The molecule has 9 heavy (non-hydrogen) atoms. The third-order valence-corrected chi connectivity index (χ3v) is 2.03. The van der Waals surface area contributed by atoms with Gasteiger partial charge in [0.15, 0.2) is 0 Å². The maximum absolute atomic E-state index is 9.00. The normalized spacial score (nSPS) is 11.2. The number of hydrogen-bond acceptors (Lipinski definition) is 1. The van der Waals surface area contributed by atoms with Gasteiger partial charge in [0.2, 0.25) is 0 Å². The van der Waals surface area contributed by atoms with Gasteiger partial charge in [0.05, 0.1) is 0 Å². The van der Waals surface area contributed by atoms with Crippen molar-refractivity contribution in [2.75, 3.05) is 0 Å². The second-order valence-corrected chi connectivity index (χ2v) is 6.36. The van der Waals surface area contributed by atoms with E-state index in [0.717, 1.165) is 9.00 Å². The first-order valence-corrected chi connectivity index (χ1v) is 4.91. The van der Waals surface area contributed by atoms with E-state index < -0.39 is 5.97 Å². The average molecular weight is 205 g/mol. The number of carboxylic acids is 1. The van der Waals surface area contributed by atoms with Crippen molar-refractivity contribution in [3.8, 4) is 0 Å². The molecule has 0 aliphatic rings. The van der Waals surface area contributed by atoms with Crippen LogP contribution in [0.3, 0.4) is 0 Å². The summed E-state index contributed by atoms with van der Waals surface area (Å²) in [5.41, 5.74) is 0. The Morgan fingerprint density at radius 2 is 2.00 bits per heavy atom. The van der Waals surface area contributed by atoms with E-state index in [1.807, 2.05) is 0 Å². The molecular formula is C5H10BrNaO2. The number of halogens is 1. The summed E-state index contributed by atoms with van der Waals surface area (Å²) in [6.07, 6.45) is 1.28. The zero-order valence-corrected chi connectivity index (χ0v) is 9.60. The topological polar surface area (TPSA) is 37.3 Å². The summed E-state index contributed by atoms with van der Waals surface area (Å²) in [7, 11) is 0. The summed E-state index contributed by atoms with van der Waals surface area (Å²) >= 11 is 4.72. The van der Waals surface area contributed by atoms with Crippen LogP contribution in [0.4, 0.5) is 0 Å². The Bertz CT molecular complexity index is 71.4. The van der Waals surface area contributed by atoms with Gasteiger partial charge in [-0.3, -0.25) is 4.79 Å². The van der Waals surface area contributed by atoms with Crippen LogP contribution in [0, 0.1) is 0 Å². The van der Waals surface area contributed by atoms with Gasteiger partial charge >= 0.3 is 59.3 Å². The van der Waals surface area contributed by atoms with E-state index in [1.165, 1.54) is 34.4 Å². The van der Waals surface area contributed by atoms with Gasteiger partial charge in [-0.2, -0.15) is 0 Å². The molecule has 0 spiro atoms. The number of rotatable bonds is 1. The average Bonchev–Trinajstić information content (AvgIpc) is 1.65. The van der Waals surface area contributed by atoms with Gasteiger partial charge in [0.25, 0.3) is 5.97 Å². The molecule has 0 saturated heterocycles. The van der Waals surface area contributed by atoms with Crippen LogP contribution >= 0.6 is 15.9 Å². The zero-order valence-electron chi connectivity index (χ0n) is 6.02. The minimum absolute atomic E-state index is 0.833. The van der Waals surface area contributed by atoms with Crippen LogP contribution in [-0.4, -0.2) is 41.1 Å². The van der Waals surface area contributed by atoms with Crippen molar-refractivity contribution < 1.29 is 9.90 Å². The standard InChI is InChI=1S/C3H6Br.C2H4O2.Na/c1-2-3-4;1-2(3)4;/h3H,2H2,1H3;1H3,(H,3,4);. The predicted octanol–water partition coefficient (Wildman–Crippen LogP) is 1.38. The van der Waals surface area contributed by atoms with E-state index in [9.17, 15) is 0 Å². The first-order chi connectivity index (χ1) is 4.00. The first kappa shape index (κ1) is 12.6. The van der Waals surface area contributed by atoms with E-state index in [4.69, 9.17) is 9.90 Å². The third kappa shape index (κ3) is 49.7. The Balaban J connectivity index is 0. The van der Waals surface area contributed by atoms with E-state index in [2.05, 4.69) is 22.9 Å². The molecule has 0 aromatic carbocycles. The number of alkyl halides is 1. The quantitative estimate of drug-likeness (QED) is 0.518. The molecule has 0 radical (unpaired) electrons. The molecule has 0 aliphatic heterocycles. The van der Waals surface area contributed by atoms with E-state index in [-0.39, 0.29) is 0 Å². The van der Waals surface area contributed by atoms with E-state index >= 15 is 0 Å². The summed E-state index contributed by atoms with van der Waals surface area (Å²) in [5, 5.41) is 7.42. The van der Waals surface area contributed by atoms with Gasteiger partial charge in [-0.25, -0.2) is 0 Å². The minimum atomic E-state index is -0.833. The monoisotopic (exact) mass is 204 g/mol. The Morgan fingerprint density at radius 3 is 2.00 bits per heavy atom.